The number of carboxylic acids is 1. The van der Waals surface area contributed by atoms with Crippen molar-refractivity contribution in [3.63, 3.8) is 0 Å². The van der Waals surface area contributed by atoms with Crippen LogP contribution < -0.4 is 0 Å². The van der Waals surface area contributed by atoms with Gasteiger partial charge < -0.3 is 5.11 Å². The van der Waals surface area contributed by atoms with Crippen molar-refractivity contribution in [1.29, 1.82) is 0 Å². The van der Waals surface area contributed by atoms with Crippen molar-refractivity contribution < 1.29 is 9.90 Å². The number of aliphatic carboxylic acids is 1. The number of pyridine rings is 1. The summed E-state index contributed by atoms with van der Waals surface area (Å²) in [7, 11) is 0. The van der Waals surface area contributed by atoms with Crippen molar-refractivity contribution in [2.45, 2.75) is 39.7 Å². The predicted molar refractivity (Wildman–Crippen MR) is 112 cm³/mol. The lowest BCUT2D eigenvalue weighted by Gasteiger charge is -2.18. The molecule has 0 aliphatic carbocycles. The molecule has 1 N–H and O–H groups in total. The second-order valence-electron chi connectivity index (χ2n) is 7.26. The zero-order valence-electron chi connectivity index (χ0n) is 16.5. The molecule has 0 unspecified atom stereocenters. The second-order valence-corrected chi connectivity index (χ2v) is 7.64. The van der Waals surface area contributed by atoms with Gasteiger partial charge in [-0.05, 0) is 56.5 Å². The van der Waals surface area contributed by atoms with E-state index in [1.165, 1.54) is 0 Å². The van der Waals surface area contributed by atoms with E-state index in [9.17, 15) is 9.90 Å². The number of nitrogens with zero attached hydrogens (tertiary/aromatic N) is 4. The molecule has 2 aromatic heterocycles. The minimum atomic E-state index is -0.860. The third-order valence-corrected chi connectivity index (χ3v) is 5.79. The Morgan fingerprint density at radius 2 is 2.03 bits per heavy atom. The van der Waals surface area contributed by atoms with Gasteiger partial charge >= 0.3 is 5.97 Å². The third kappa shape index (κ3) is 3.34. The highest BCUT2D eigenvalue weighted by atomic mass is 35.5. The van der Waals surface area contributed by atoms with E-state index in [1.807, 2.05) is 43.5 Å². The summed E-state index contributed by atoms with van der Waals surface area (Å²) < 4.78 is 2.04. The van der Waals surface area contributed by atoms with Crippen molar-refractivity contribution >= 4 is 23.3 Å². The molecule has 7 heteroatoms. The molecule has 3 aromatic rings. The molecule has 0 amide bonds. The summed E-state index contributed by atoms with van der Waals surface area (Å²) in [4.78, 5) is 25.3. The van der Waals surface area contributed by atoms with Crippen LogP contribution >= 0.6 is 11.6 Å². The number of carbonyl (C=O) groups is 1. The molecular weight excluding hydrogens is 388 g/mol. The van der Waals surface area contributed by atoms with Crippen molar-refractivity contribution in [2.75, 3.05) is 0 Å². The Balaban J connectivity index is 2.05. The van der Waals surface area contributed by atoms with Gasteiger partial charge in [0.15, 0.2) is 0 Å². The summed E-state index contributed by atoms with van der Waals surface area (Å²) in [5.74, 6) is -0.142. The fourth-order valence-electron chi connectivity index (χ4n) is 3.69. The Morgan fingerprint density at radius 3 is 2.72 bits per heavy atom. The molecule has 3 heterocycles. The summed E-state index contributed by atoms with van der Waals surface area (Å²) in [6.45, 7) is 5.99. The van der Waals surface area contributed by atoms with E-state index in [0.29, 0.717) is 22.8 Å². The number of rotatable bonds is 4. The molecule has 148 valence electrons. The average molecular weight is 409 g/mol. The first-order valence-corrected chi connectivity index (χ1v) is 9.82. The van der Waals surface area contributed by atoms with Crippen molar-refractivity contribution in [3.05, 3.63) is 75.6 Å². The van der Waals surface area contributed by atoms with Crippen LogP contribution in [0.5, 0.6) is 0 Å². The van der Waals surface area contributed by atoms with Crippen molar-refractivity contribution in [2.24, 2.45) is 4.99 Å². The molecule has 0 saturated heterocycles. The van der Waals surface area contributed by atoms with Crippen LogP contribution in [0.3, 0.4) is 0 Å². The van der Waals surface area contributed by atoms with Crippen molar-refractivity contribution in [1.82, 2.24) is 14.5 Å². The lowest BCUT2D eigenvalue weighted by Crippen LogP contribution is -2.11. The van der Waals surface area contributed by atoms with E-state index < -0.39 is 12.0 Å². The number of benzene rings is 1. The minimum Gasteiger partial charge on any atom is -0.481 e. The van der Waals surface area contributed by atoms with Crippen LogP contribution in [0.15, 0.2) is 41.7 Å². The predicted octanol–water partition coefficient (Wildman–Crippen LogP) is 4.60. The van der Waals surface area contributed by atoms with Crippen LogP contribution in [0.1, 0.15) is 52.8 Å². The monoisotopic (exact) mass is 408 g/mol. The van der Waals surface area contributed by atoms with Gasteiger partial charge in [0.2, 0.25) is 0 Å². The standard InChI is InChI=1S/C22H21ClN4O2/c1-12-10-17-19(20(23)14(12)3)21(15-6-4-5-9-24-15)26-16(7-8-18(28)29)22-25-11-13(2)27(17)22/h4-6,9-11,16H,7-8H2,1-3H3,(H,28,29)/t16-/m0/s1. The molecule has 1 aliphatic heterocycles. The Morgan fingerprint density at radius 1 is 1.24 bits per heavy atom. The molecule has 4 rings (SSSR count). The SMILES string of the molecule is Cc1cc2c(c(Cl)c1C)C(c1ccccn1)=N[C@@H](CCC(=O)O)c1ncc(C)n1-2. The van der Waals surface area contributed by atoms with E-state index in [0.717, 1.165) is 33.9 Å². The normalized spacial score (nSPS) is 15.3. The highest BCUT2D eigenvalue weighted by Gasteiger charge is 2.30. The van der Waals surface area contributed by atoms with E-state index in [4.69, 9.17) is 16.6 Å². The quantitative estimate of drug-likeness (QED) is 0.683. The molecule has 0 saturated carbocycles. The van der Waals surface area contributed by atoms with Crippen LogP contribution in [-0.2, 0) is 4.79 Å². The van der Waals surface area contributed by atoms with Gasteiger partial charge in [-0.1, -0.05) is 17.7 Å². The maximum absolute atomic E-state index is 11.2. The first kappa shape index (κ1) is 19.3. The molecule has 29 heavy (non-hydrogen) atoms. The van der Waals surface area contributed by atoms with Gasteiger partial charge in [-0.2, -0.15) is 0 Å². The number of aliphatic imine (C=N–C) groups is 1. The highest BCUT2D eigenvalue weighted by Crippen LogP contribution is 2.38. The number of halogens is 1. The molecule has 1 aliphatic rings. The maximum Gasteiger partial charge on any atom is 0.303 e. The first-order valence-electron chi connectivity index (χ1n) is 9.44. The first-order chi connectivity index (χ1) is 13.9. The largest absolute Gasteiger partial charge is 0.481 e. The zero-order valence-corrected chi connectivity index (χ0v) is 17.2. The van der Waals surface area contributed by atoms with Crippen LogP contribution in [0, 0.1) is 20.8 Å². The number of hydrogen-bond donors (Lipinski definition) is 1. The number of carboxylic acid groups (broad SMARTS) is 1. The smallest absolute Gasteiger partial charge is 0.303 e. The Bertz CT molecular complexity index is 1140. The molecule has 6 nitrogen and oxygen atoms in total. The lowest BCUT2D eigenvalue weighted by atomic mass is 9.98. The van der Waals surface area contributed by atoms with Gasteiger partial charge in [0.1, 0.15) is 11.9 Å². The number of hydrogen-bond acceptors (Lipinski definition) is 4. The van der Waals surface area contributed by atoms with Gasteiger partial charge in [-0.25, -0.2) is 4.98 Å². The molecular formula is C22H21ClN4O2. The van der Waals surface area contributed by atoms with Crippen LogP contribution in [-0.4, -0.2) is 31.3 Å². The summed E-state index contributed by atoms with van der Waals surface area (Å²) in [5, 5.41) is 9.86. The Hall–Kier alpha value is -2.99. The van der Waals surface area contributed by atoms with Crippen molar-refractivity contribution in [3.8, 4) is 5.69 Å². The van der Waals surface area contributed by atoms with Gasteiger partial charge in [0.25, 0.3) is 0 Å². The van der Waals surface area contributed by atoms with Gasteiger partial charge in [-0.3, -0.25) is 19.3 Å². The third-order valence-electron chi connectivity index (χ3n) is 5.31. The number of fused-ring (bicyclic) bond motifs is 3. The van der Waals surface area contributed by atoms with Gasteiger partial charge in [0.05, 0.1) is 22.1 Å². The minimum absolute atomic E-state index is 0.00228. The molecule has 1 aromatic carbocycles. The number of aryl methyl sites for hydroxylation is 2. The lowest BCUT2D eigenvalue weighted by molar-refractivity contribution is -0.137. The fraction of sp³-hybridized carbons (Fsp3) is 0.273. The highest BCUT2D eigenvalue weighted by molar-refractivity contribution is 6.37. The average Bonchev–Trinajstić information content (AvgIpc) is 3.02. The maximum atomic E-state index is 11.2. The van der Waals surface area contributed by atoms with E-state index in [1.54, 1.807) is 12.4 Å². The Labute approximate surface area is 173 Å². The zero-order chi connectivity index (χ0) is 20.7. The molecule has 1 atom stereocenters. The van der Waals surface area contributed by atoms with Gasteiger partial charge in [0, 0.05) is 30.1 Å². The molecule has 0 spiro atoms. The van der Waals surface area contributed by atoms with Crippen LogP contribution in [0.4, 0.5) is 0 Å². The van der Waals surface area contributed by atoms with E-state index >= 15 is 0 Å². The summed E-state index contributed by atoms with van der Waals surface area (Å²) >= 11 is 6.86. The molecule has 0 bridgehead atoms. The summed E-state index contributed by atoms with van der Waals surface area (Å²) in [6.07, 6.45) is 3.84. The Kier molecular flexibility index (Phi) is 4.96. The molecule has 0 radical (unpaired) electrons. The second kappa shape index (κ2) is 7.44. The summed E-state index contributed by atoms with van der Waals surface area (Å²) in [5.41, 5.74) is 6.04. The van der Waals surface area contributed by atoms with E-state index in [-0.39, 0.29) is 6.42 Å². The van der Waals surface area contributed by atoms with Crippen LogP contribution in [0.25, 0.3) is 5.69 Å². The van der Waals surface area contributed by atoms with E-state index in [2.05, 4.69) is 16.0 Å². The fourth-order valence-corrected chi connectivity index (χ4v) is 4.03. The number of aromatic nitrogens is 3. The van der Waals surface area contributed by atoms with Crippen LogP contribution in [0.2, 0.25) is 5.02 Å². The summed E-state index contributed by atoms with van der Waals surface area (Å²) in [6, 6.07) is 7.32. The van der Waals surface area contributed by atoms with Gasteiger partial charge in [-0.15, -0.1) is 0 Å². The molecule has 0 fully saturated rings. The number of imidazole rings is 1. The topological polar surface area (TPSA) is 80.4 Å².